The Morgan fingerprint density at radius 3 is 1.70 bits per heavy atom. The third-order valence-corrected chi connectivity index (χ3v) is 10.9. The second-order valence-electron chi connectivity index (χ2n) is 8.87. The lowest BCUT2D eigenvalue weighted by Gasteiger charge is -2.43. The molecule has 0 aromatic heterocycles. The molecule has 0 amide bonds. The number of rotatable bonds is 7. The van der Waals surface area contributed by atoms with E-state index < -0.39 is 14.3 Å². The average Bonchev–Trinajstić information content (AvgIpc) is 2.82. The van der Waals surface area contributed by atoms with Gasteiger partial charge < -0.3 is 18.6 Å². The highest BCUT2D eigenvalue weighted by molar-refractivity contribution is 7.00. The monoisotopic (exact) mass is 464 g/mol. The van der Waals surface area contributed by atoms with Crippen LogP contribution in [-0.2, 0) is 4.74 Å². The van der Waals surface area contributed by atoms with Crippen LogP contribution in [0.25, 0.3) is 0 Å². The molecule has 0 unspecified atom stereocenters. The summed E-state index contributed by atoms with van der Waals surface area (Å²) in [5, 5.41) is 1.93. The minimum Gasteiger partial charge on any atom is -0.533 e. The lowest BCUT2D eigenvalue weighted by atomic mass is 10.1. The van der Waals surface area contributed by atoms with Crippen LogP contribution < -0.4 is 24.3 Å². The molecule has 3 rings (SSSR count). The van der Waals surface area contributed by atoms with Crippen molar-refractivity contribution in [3.8, 4) is 17.2 Å². The van der Waals surface area contributed by atoms with Crippen molar-refractivity contribution in [2.75, 3.05) is 21.3 Å². The predicted octanol–water partition coefficient (Wildman–Crippen LogP) is 4.74. The molecule has 5 nitrogen and oxygen atoms in total. The third kappa shape index (κ3) is 4.35. The summed E-state index contributed by atoms with van der Waals surface area (Å²) in [6.07, 6.45) is 0. The van der Waals surface area contributed by atoms with Gasteiger partial charge in [-0.25, -0.2) is 4.79 Å². The van der Waals surface area contributed by atoms with Gasteiger partial charge in [0.1, 0.15) is 11.3 Å². The first kappa shape index (κ1) is 24.4. The van der Waals surface area contributed by atoms with Crippen LogP contribution in [-0.4, -0.2) is 35.6 Å². The third-order valence-electron chi connectivity index (χ3n) is 5.94. The molecule has 0 saturated heterocycles. The normalized spacial score (nSPS) is 11.6. The molecule has 0 atom stereocenters. The number of hydrogen-bond donors (Lipinski definition) is 0. The van der Waals surface area contributed by atoms with E-state index in [0.717, 1.165) is 10.4 Å². The summed E-state index contributed by atoms with van der Waals surface area (Å²) in [4.78, 5) is 12.9. The molecule has 0 aliphatic carbocycles. The zero-order valence-corrected chi connectivity index (χ0v) is 21.4. The Kier molecular flexibility index (Phi) is 7.18. The maximum atomic E-state index is 12.9. The Labute approximate surface area is 197 Å². The first-order chi connectivity index (χ1) is 15.7. The second-order valence-corrected chi connectivity index (χ2v) is 13.1. The first-order valence-electron chi connectivity index (χ1n) is 10.8. The Hall–Kier alpha value is -3.25. The molecule has 174 valence electrons. The van der Waals surface area contributed by atoms with E-state index in [-0.39, 0.29) is 5.04 Å². The summed E-state index contributed by atoms with van der Waals surface area (Å²) >= 11 is 0. The largest absolute Gasteiger partial charge is 0.533 e. The number of hydrogen-bond acceptors (Lipinski definition) is 5. The molecule has 0 spiro atoms. The topological polar surface area (TPSA) is 54.0 Å². The molecule has 3 aromatic carbocycles. The standard InChI is InChI=1S/C27H32O5Si/c1-19-24(26(28)31-7)22(18-23(29-5)25(19)30-6)32-33(27(2,3)4,20-14-10-8-11-15-20)21-16-12-9-13-17-21/h8-18H,1-7H3. The summed E-state index contributed by atoms with van der Waals surface area (Å²) in [5.74, 6) is 0.913. The molecule has 3 aromatic rings. The van der Waals surface area contributed by atoms with Crippen LogP contribution in [0.15, 0.2) is 66.7 Å². The first-order valence-corrected chi connectivity index (χ1v) is 12.8. The van der Waals surface area contributed by atoms with Crippen molar-refractivity contribution in [3.63, 3.8) is 0 Å². The highest BCUT2D eigenvalue weighted by atomic mass is 28.4. The van der Waals surface area contributed by atoms with Gasteiger partial charge in [0.2, 0.25) is 0 Å². The number of esters is 1. The van der Waals surface area contributed by atoms with Crippen LogP contribution in [0.1, 0.15) is 36.7 Å². The highest BCUT2D eigenvalue weighted by Crippen LogP contribution is 2.43. The van der Waals surface area contributed by atoms with Gasteiger partial charge in [-0.15, -0.1) is 0 Å². The Bertz CT molecular complexity index is 1070. The van der Waals surface area contributed by atoms with E-state index in [2.05, 4.69) is 45.0 Å². The molecule has 0 aliphatic heterocycles. The molecule has 0 fully saturated rings. The van der Waals surface area contributed by atoms with Crippen LogP contribution in [0.5, 0.6) is 17.2 Å². The van der Waals surface area contributed by atoms with Gasteiger partial charge in [-0.05, 0) is 22.3 Å². The van der Waals surface area contributed by atoms with E-state index in [4.69, 9.17) is 18.6 Å². The SMILES string of the molecule is COC(=O)c1c(O[Si](c2ccccc2)(c2ccccc2)C(C)(C)C)cc(OC)c(OC)c1C. The zero-order valence-electron chi connectivity index (χ0n) is 20.4. The van der Waals surface area contributed by atoms with Gasteiger partial charge in [-0.3, -0.25) is 0 Å². The van der Waals surface area contributed by atoms with Gasteiger partial charge in [0.25, 0.3) is 0 Å². The maximum Gasteiger partial charge on any atom is 0.342 e. The van der Waals surface area contributed by atoms with Gasteiger partial charge >= 0.3 is 14.3 Å². The number of carbonyl (C=O) groups is 1. The minimum absolute atomic E-state index is 0.274. The molecular weight excluding hydrogens is 432 g/mol. The highest BCUT2D eigenvalue weighted by Gasteiger charge is 2.52. The van der Waals surface area contributed by atoms with E-state index in [1.807, 2.05) is 43.3 Å². The van der Waals surface area contributed by atoms with Crippen LogP contribution in [0.2, 0.25) is 5.04 Å². The van der Waals surface area contributed by atoms with Crippen molar-refractivity contribution in [1.82, 2.24) is 0 Å². The van der Waals surface area contributed by atoms with Crippen molar-refractivity contribution >= 4 is 24.7 Å². The van der Waals surface area contributed by atoms with Crippen LogP contribution >= 0.6 is 0 Å². The van der Waals surface area contributed by atoms with E-state index in [9.17, 15) is 4.79 Å². The fraction of sp³-hybridized carbons (Fsp3) is 0.296. The lowest BCUT2D eigenvalue weighted by molar-refractivity contribution is 0.0597. The summed E-state index contributed by atoms with van der Waals surface area (Å²) in [6, 6.07) is 22.3. The second kappa shape index (κ2) is 9.71. The molecule has 0 N–H and O–H groups in total. The maximum absolute atomic E-state index is 12.9. The van der Waals surface area contributed by atoms with Gasteiger partial charge in [0.05, 0.1) is 21.3 Å². The number of ether oxygens (including phenoxy) is 3. The Balaban J connectivity index is 2.40. The molecule has 0 radical (unpaired) electrons. The smallest absolute Gasteiger partial charge is 0.342 e. The van der Waals surface area contributed by atoms with Crippen molar-refractivity contribution in [1.29, 1.82) is 0 Å². The van der Waals surface area contributed by atoms with Crippen LogP contribution in [0, 0.1) is 6.92 Å². The van der Waals surface area contributed by atoms with Gasteiger partial charge in [0.15, 0.2) is 11.5 Å². The number of carbonyl (C=O) groups excluding carboxylic acids is 1. The quantitative estimate of drug-likeness (QED) is 0.374. The molecule has 0 saturated carbocycles. The molecule has 33 heavy (non-hydrogen) atoms. The number of benzene rings is 3. The van der Waals surface area contributed by atoms with E-state index in [0.29, 0.717) is 28.4 Å². The van der Waals surface area contributed by atoms with E-state index in [1.165, 1.54) is 7.11 Å². The minimum atomic E-state index is -2.97. The van der Waals surface area contributed by atoms with Crippen molar-refractivity contribution in [3.05, 3.63) is 77.9 Å². The molecule has 6 heteroatoms. The van der Waals surface area contributed by atoms with Crippen LogP contribution in [0.4, 0.5) is 0 Å². The predicted molar refractivity (Wildman–Crippen MR) is 134 cm³/mol. The summed E-state index contributed by atoms with van der Waals surface area (Å²) in [6.45, 7) is 8.37. The molecule has 0 bridgehead atoms. The van der Waals surface area contributed by atoms with Gasteiger partial charge in [0, 0.05) is 11.6 Å². The molecule has 0 aliphatic rings. The summed E-state index contributed by atoms with van der Waals surface area (Å²) < 4.78 is 23.4. The average molecular weight is 465 g/mol. The van der Waals surface area contributed by atoms with E-state index >= 15 is 0 Å². The fourth-order valence-corrected chi connectivity index (χ4v) is 8.82. The summed E-state index contributed by atoms with van der Waals surface area (Å²) in [5.41, 5.74) is 0.944. The van der Waals surface area contributed by atoms with Crippen molar-refractivity contribution in [2.24, 2.45) is 0 Å². The number of methoxy groups -OCH3 is 3. The van der Waals surface area contributed by atoms with Crippen molar-refractivity contribution < 1.29 is 23.4 Å². The summed E-state index contributed by atoms with van der Waals surface area (Å²) in [7, 11) is 1.52. The zero-order chi connectivity index (χ0) is 24.2. The Morgan fingerprint density at radius 2 is 1.30 bits per heavy atom. The molecular formula is C27H32O5Si. The van der Waals surface area contributed by atoms with E-state index in [1.54, 1.807) is 20.3 Å². The van der Waals surface area contributed by atoms with Gasteiger partial charge in [-0.2, -0.15) is 0 Å². The Morgan fingerprint density at radius 1 is 0.788 bits per heavy atom. The fourth-order valence-electron chi connectivity index (χ4n) is 4.40. The van der Waals surface area contributed by atoms with Gasteiger partial charge in [-0.1, -0.05) is 81.4 Å². The molecule has 0 heterocycles. The van der Waals surface area contributed by atoms with Crippen LogP contribution in [0.3, 0.4) is 0 Å². The van der Waals surface area contributed by atoms with Crippen molar-refractivity contribution in [2.45, 2.75) is 32.7 Å². The lowest BCUT2D eigenvalue weighted by Crippen LogP contribution is -2.69.